The molecule has 0 fully saturated rings. The fourth-order valence-corrected chi connectivity index (χ4v) is 7.37. The van der Waals surface area contributed by atoms with E-state index in [-0.39, 0.29) is 0 Å². The van der Waals surface area contributed by atoms with Gasteiger partial charge in [-0.15, -0.1) is 0 Å². The Balaban J connectivity index is 1.10. The highest BCUT2D eigenvalue weighted by Crippen LogP contribution is 2.39. The van der Waals surface area contributed by atoms with Crippen molar-refractivity contribution in [2.45, 2.75) is 0 Å². The van der Waals surface area contributed by atoms with Crippen LogP contribution in [0.15, 0.2) is 188 Å². The highest BCUT2D eigenvalue weighted by atomic mass is 15.1. The quantitative estimate of drug-likeness (QED) is 0.177. The van der Waals surface area contributed by atoms with Gasteiger partial charge in [-0.1, -0.05) is 97.1 Å². The van der Waals surface area contributed by atoms with Gasteiger partial charge in [0.25, 0.3) is 0 Å². The summed E-state index contributed by atoms with van der Waals surface area (Å²) in [4.78, 5) is 17.1. The molecule has 5 heteroatoms. The molecule has 0 amide bonds. The molecule has 0 saturated heterocycles. The number of anilines is 3. The lowest BCUT2D eigenvalue weighted by Gasteiger charge is -2.26. The molecule has 0 radical (unpaired) electrons. The number of hydrogen-bond acceptors (Lipinski definition) is 4. The van der Waals surface area contributed by atoms with E-state index in [9.17, 15) is 0 Å². The fourth-order valence-electron chi connectivity index (χ4n) is 7.37. The Kier molecular flexibility index (Phi) is 7.07. The van der Waals surface area contributed by atoms with Crippen molar-refractivity contribution >= 4 is 60.8 Å². The van der Waals surface area contributed by atoms with Crippen molar-refractivity contribution in [3.05, 3.63) is 188 Å². The third kappa shape index (κ3) is 5.07. The molecule has 3 aromatic heterocycles. The van der Waals surface area contributed by atoms with Gasteiger partial charge in [0.1, 0.15) is 0 Å². The average Bonchev–Trinajstić information content (AvgIpc) is 3.56. The van der Waals surface area contributed by atoms with Crippen LogP contribution in [0.5, 0.6) is 0 Å². The van der Waals surface area contributed by atoms with Gasteiger partial charge in [0.2, 0.25) is 0 Å². The van der Waals surface area contributed by atoms with Crippen molar-refractivity contribution < 1.29 is 0 Å². The zero-order valence-electron chi connectivity index (χ0n) is 28.1. The minimum atomic E-state index is 0.857. The lowest BCUT2D eigenvalue weighted by molar-refractivity contribution is 1.17. The number of fused-ring (bicyclic) bond motifs is 5. The molecule has 52 heavy (non-hydrogen) atoms. The van der Waals surface area contributed by atoms with Crippen molar-refractivity contribution in [1.29, 1.82) is 0 Å². The number of aromatic nitrogens is 4. The highest BCUT2D eigenvalue weighted by Gasteiger charge is 2.18. The Morgan fingerprint density at radius 2 is 0.942 bits per heavy atom. The second-order valence-corrected chi connectivity index (χ2v) is 12.9. The van der Waals surface area contributed by atoms with E-state index in [0.717, 1.165) is 67.2 Å². The fraction of sp³-hybridized carbons (Fsp3) is 0. The van der Waals surface area contributed by atoms with Crippen LogP contribution in [0.4, 0.5) is 17.1 Å². The van der Waals surface area contributed by atoms with Crippen LogP contribution in [0.25, 0.3) is 71.9 Å². The molecule has 5 nitrogen and oxygen atoms in total. The number of nitrogens with zero attached hydrogens (tertiary/aromatic N) is 5. The number of para-hydroxylation sites is 4. The lowest BCUT2D eigenvalue weighted by atomic mass is 10.0. The van der Waals surface area contributed by atoms with Gasteiger partial charge in [-0.05, 0) is 84.9 Å². The Labute approximate surface area is 300 Å². The van der Waals surface area contributed by atoms with Crippen LogP contribution in [0.2, 0.25) is 0 Å². The van der Waals surface area contributed by atoms with Gasteiger partial charge in [-0.3, -0.25) is 4.98 Å². The van der Waals surface area contributed by atoms with Crippen LogP contribution in [0, 0.1) is 0 Å². The summed E-state index contributed by atoms with van der Waals surface area (Å²) in [7, 11) is 0. The third-order valence-corrected chi connectivity index (χ3v) is 9.81. The Hall–Kier alpha value is -7.11. The Morgan fingerprint density at radius 1 is 0.404 bits per heavy atom. The standard InChI is InChI=1S/C47H31N5/c1-2-11-32(12-3-1)46-47(50-43-17-7-6-16-42(43)49-46)33-20-22-35(23-21-33)51(38-28-29-41-34(31-38)13-10-30-48-41)36-24-26-37(27-25-36)52-44-18-8-4-14-39(44)40-15-5-9-19-45(40)52/h1-31H. The molecule has 0 aliphatic heterocycles. The largest absolute Gasteiger partial charge is 0.310 e. The van der Waals surface area contributed by atoms with E-state index in [4.69, 9.17) is 9.97 Å². The SMILES string of the molecule is c1ccc(-c2nc3ccccc3nc2-c2ccc(N(c3ccc(-n4c5ccccc5c5ccccc54)cc3)c3ccc4ncccc4c3)cc2)cc1. The van der Waals surface area contributed by atoms with Crippen LogP contribution in [0.1, 0.15) is 0 Å². The van der Waals surface area contributed by atoms with Crippen molar-refractivity contribution in [1.82, 2.24) is 19.5 Å². The van der Waals surface area contributed by atoms with E-state index >= 15 is 0 Å². The van der Waals surface area contributed by atoms with Crippen molar-refractivity contribution in [2.24, 2.45) is 0 Å². The van der Waals surface area contributed by atoms with Gasteiger partial charge in [-0.25, -0.2) is 9.97 Å². The van der Waals surface area contributed by atoms with Crippen LogP contribution in [-0.4, -0.2) is 19.5 Å². The minimum Gasteiger partial charge on any atom is -0.310 e. The maximum absolute atomic E-state index is 5.14. The third-order valence-electron chi connectivity index (χ3n) is 9.81. The normalized spacial score (nSPS) is 11.5. The van der Waals surface area contributed by atoms with E-state index in [1.54, 1.807) is 0 Å². The summed E-state index contributed by atoms with van der Waals surface area (Å²) < 4.78 is 2.35. The number of pyridine rings is 1. The molecule has 0 unspecified atom stereocenters. The van der Waals surface area contributed by atoms with Crippen LogP contribution < -0.4 is 4.90 Å². The number of hydrogen-bond donors (Lipinski definition) is 0. The topological polar surface area (TPSA) is 46.8 Å². The molecule has 7 aromatic carbocycles. The number of benzene rings is 7. The lowest BCUT2D eigenvalue weighted by Crippen LogP contribution is -2.10. The molecular formula is C47H31N5. The summed E-state index contributed by atoms with van der Waals surface area (Å²) in [5, 5.41) is 3.59. The van der Waals surface area contributed by atoms with Gasteiger partial charge >= 0.3 is 0 Å². The summed E-state index contributed by atoms with van der Waals surface area (Å²) in [6.45, 7) is 0. The minimum absolute atomic E-state index is 0.857. The molecule has 10 aromatic rings. The monoisotopic (exact) mass is 665 g/mol. The molecule has 0 bridgehead atoms. The van der Waals surface area contributed by atoms with Gasteiger partial charge in [0.15, 0.2) is 0 Å². The Bertz CT molecular complexity index is 2840. The molecule has 0 atom stereocenters. The maximum Gasteiger partial charge on any atom is 0.0973 e. The molecular weight excluding hydrogens is 635 g/mol. The summed E-state index contributed by atoms with van der Waals surface area (Å²) in [5.74, 6) is 0. The first-order valence-electron chi connectivity index (χ1n) is 17.4. The van der Waals surface area contributed by atoms with E-state index in [1.165, 1.54) is 21.8 Å². The van der Waals surface area contributed by atoms with Crippen molar-refractivity contribution in [3.63, 3.8) is 0 Å². The predicted molar refractivity (Wildman–Crippen MR) is 215 cm³/mol. The first-order valence-corrected chi connectivity index (χ1v) is 17.4. The molecule has 0 aliphatic carbocycles. The first-order chi connectivity index (χ1) is 25.8. The van der Waals surface area contributed by atoms with Crippen LogP contribution in [0.3, 0.4) is 0 Å². The highest BCUT2D eigenvalue weighted by molar-refractivity contribution is 6.09. The van der Waals surface area contributed by atoms with Gasteiger partial charge < -0.3 is 9.47 Å². The summed E-state index contributed by atoms with van der Waals surface area (Å²) in [5.41, 5.74) is 13.1. The van der Waals surface area contributed by atoms with Crippen LogP contribution >= 0.6 is 0 Å². The van der Waals surface area contributed by atoms with Gasteiger partial charge in [0.05, 0.1) is 39.0 Å². The van der Waals surface area contributed by atoms with Crippen molar-refractivity contribution in [2.75, 3.05) is 4.90 Å². The van der Waals surface area contributed by atoms with Crippen molar-refractivity contribution in [3.8, 4) is 28.2 Å². The molecule has 10 rings (SSSR count). The van der Waals surface area contributed by atoms with Gasteiger partial charge in [0, 0.05) is 56.2 Å². The van der Waals surface area contributed by atoms with E-state index < -0.39 is 0 Å². The summed E-state index contributed by atoms with van der Waals surface area (Å²) in [6.07, 6.45) is 1.84. The molecule has 0 saturated carbocycles. The van der Waals surface area contributed by atoms with Gasteiger partial charge in [-0.2, -0.15) is 0 Å². The molecule has 244 valence electrons. The molecule has 0 N–H and O–H groups in total. The van der Waals surface area contributed by atoms with E-state index in [1.807, 2.05) is 54.7 Å². The van der Waals surface area contributed by atoms with E-state index in [0.29, 0.717) is 0 Å². The second-order valence-electron chi connectivity index (χ2n) is 12.9. The first kappa shape index (κ1) is 29.8. The summed E-state index contributed by atoms with van der Waals surface area (Å²) >= 11 is 0. The summed E-state index contributed by atoms with van der Waals surface area (Å²) in [6, 6.07) is 63.7. The zero-order chi connectivity index (χ0) is 34.4. The average molecular weight is 666 g/mol. The maximum atomic E-state index is 5.14. The second kappa shape index (κ2) is 12.3. The predicted octanol–water partition coefficient (Wildman–Crippen LogP) is 12.1. The number of rotatable bonds is 6. The smallest absolute Gasteiger partial charge is 0.0973 e. The van der Waals surface area contributed by atoms with Crippen LogP contribution in [-0.2, 0) is 0 Å². The zero-order valence-corrected chi connectivity index (χ0v) is 28.1. The molecule has 3 heterocycles. The van der Waals surface area contributed by atoms with E-state index in [2.05, 4.69) is 148 Å². The Morgan fingerprint density at radius 3 is 1.60 bits per heavy atom. The molecule has 0 spiro atoms. The molecule has 0 aliphatic rings.